The van der Waals surface area contributed by atoms with E-state index >= 15 is 0 Å². The Hall–Kier alpha value is -1.33. The van der Waals surface area contributed by atoms with Crippen LogP contribution >= 0.6 is 0 Å². The van der Waals surface area contributed by atoms with Gasteiger partial charge in [-0.1, -0.05) is 12.8 Å². The van der Waals surface area contributed by atoms with E-state index in [2.05, 4.69) is 4.90 Å². The van der Waals surface area contributed by atoms with Crippen molar-refractivity contribution in [1.82, 2.24) is 9.80 Å². The predicted molar refractivity (Wildman–Crippen MR) is 79.2 cm³/mol. The largest absolute Gasteiger partial charge is 0.469 e. The summed E-state index contributed by atoms with van der Waals surface area (Å²) in [7, 11) is 0. The smallest absolute Gasteiger partial charge is 0.257 e. The molecule has 1 aliphatic heterocycles. The molecule has 1 saturated heterocycles. The van der Waals surface area contributed by atoms with E-state index in [1.807, 2.05) is 0 Å². The first-order chi connectivity index (χ1) is 10.1. The van der Waals surface area contributed by atoms with Gasteiger partial charge in [0.1, 0.15) is 5.76 Å². The molecule has 1 aromatic rings. The maximum atomic E-state index is 12.5. The van der Waals surface area contributed by atoms with Gasteiger partial charge in [-0.25, -0.2) is 0 Å². The molecule has 2 aliphatic rings. The van der Waals surface area contributed by atoms with Crippen LogP contribution in [0.15, 0.2) is 16.7 Å². The van der Waals surface area contributed by atoms with Gasteiger partial charge in [0.2, 0.25) is 0 Å². The molecular weight excluding hydrogens is 268 g/mol. The first kappa shape index (κ1) is 14.6. The van der Waals surface area contributed by atoms with Crippen LogP contribution in [0.3, 0.4) is 0 Å². The SMILES string of the molecule is Cc1occc1C(=O)N1CCN(C2CCCC2)C[C@H](O)C1. The van der Waals surface area contributed by atoms with Crippen molar-refractivity contribution in [3.63, 3.8) is 0 Å². The number of carbonyl (C=O) groups excluding carboxylic acids is 1. The number of nitrogens with zero attached hydrogens (tertiary/aromatic N) is 2. The van der Waals surface area contributed by atoms with Crippen molar-refractivity contribution < 1.29 is 14.3 Å². The van der Waals surface area contributed by atoms with Gasteiger partial charge < -0.3 is 14.4 Å². The second kappa shape index (κ2) is 6.20. The maximum absolute atomic E-state index is 12.5. The molecule has 2 fully saturated rings. The van der Waals surface area contributed by atoms with Crippen LogP contribution in [0, 0.1) is 6.92 Å². The van der Waals surface area contributed by atoms with Gasteiger partial charge in [0, 0.05) is 32.2 Å². The third kappa shape index (κ3) is 3.14. The number of aryl methyl sites for hydroxylation is 1. The fourth-order valence-electron chi connectivity index (χ4n) is 3.58. The number of furan rings is 1. The average molecular weight is 292 g/mol. The van der Waals surface area contributed by atoms with Crippen LogP contribution in [0.25, 0.3) is 0 Å². The van der Waals surface area contributed by atoms with Gasteiger partial charge in [-0.2, -0.15) is 0 Å². The minimum Gasteiger partial charge on any atom is -0.469 e. The maximum Gasteiger partial charge on any atom is 0.257 e. The molecule has 0 aromatic carbocycles. The van der Waals surface area contributed by atoms with Gasteiger partial charge in [-0.05, 0) is 25.8 Å². The quantitative estimate of drug-likeness (QED) is 0.900. The van der Waals surface area contributed by atoms with Crippen LogP contribution in [-0.4, -0.2) is 59.1 Å². The van der Waals surface area contributed by atoms with Gasteiger partial charge in [-0.15, -0.1) is 0 Å². The normalized spacial score (nSPS) is 25.2. The van der Waals surface area contributed by atoms with Crippen LogP contribution in [0.1, 0.15) is 41.8 Å². The summed E-state index contributed by atoms with van der Waals surface area (Å²) in [5, 5.41) is 10.2. The Bertz CT molecular complexity index is 493. The standard InChI is InChI=1S/C16H24N2O3/c1-12-15(6-9-21-12)16(20)18-8-7-17(10-14(19)11-18)13-4-2-3-5-13/h6,9,13-14,19H,2-5,7-8,10-11H2,1H3/t14-/m0/s1. The van der Waals surface area contributed by atoms with E-state index in [1.54, 1.807) is 24.2 Å². The summed E-state index contributed by atoms with van der Waals surface area (Å²) in [6.07, 6.45) is 6.09. The van der Waals surface area contributed by atoms with E-state index in [9.17, 15) is 9.90 Å². The molecule has 3 rings (SSSR count). The van der Waals surface area contributed by atoms with Crippen LogP contribution in [-0.2, 0) is 0 Å². The molecule has 116 valence electrons. The summed E-state index contributed by atoms with van der Waals surface area (Å²) in [5.74, 6) is 0.611. The number of aliphatic hydroxyl groups excluding tert-OH is 1. The number of rotatable bonds is 2. The summed E-state index contributed by atoms with van der Waals surface area (Å²) >= 11 is 0. The molecule has 2 heterocycles. The van der Waals surface area contributed by atoms with E-state index in [-0.39, 0.29) is 5.91 Å². The highest BCUT2D eigenvalue weighted by Gasteiger charge is 2.30. The second-order valence-corrected chi connectivity index (χ2v) is 6.23. The lowest BCUT2D eigenvalue weighted by Crippen LogP contribution is -2.39. The molecule has 1 saturated carbocycles. The van der Waals surface area contributed by atoms with Crippen molar-refractivity contribution in [1.29, 1.82) is 0 Å². The highest BCUT2D eigenvalue weighted by Crippen LogP contribution is 2.25. The van der Waals surface area contributed by atoms with Gasteiger partial charge in [0.05, 0.1) is 17.9 Å². The topological polar surface area (TPSA) is 56.9 Å². The van der Waals surface area contributed by atoms with Gasteiger partial charge in [0.15, 0.2) is 0 Å². The lowest BCUT2D eigenvalue weighted by molar-refractivity contribution is 0.0654. The average Bonchev–Trinajstić information content (AvgIpc) is 3.08. The van der Waals surface area contributed by atoms with Gasteiger partial charge >= 0.3 is 0 Å². The Labute approximate surface area is 125 Å². The minimum absolute atomic E-state index is 0.0337. The zero-order valence-corrected chi connectivity index (χ0v) is 12.6. The third-order valence-corrected chi connectivity index (χ3v) is 4.75. The van der Waals surface area contributed by atoms with Crippen molar-refractivity contribution in [2.24, 2.45) is 0 Å². The monoisotopic (exact) mass is 292 g/mol. The molecule has 1 N–H and O–H groups in total. The molecule has 1 aromatic heterocycles. The fraction of sp³-hybridized carbons (Fsp3) is 0.688. The number of aliphatic hydroxyl groups is 1. The molecule has 5 nitrogen and oxygen atoms in total. The van der Waals surface area contributed by atoms with Crippen molar-refractivity contribution in [3.8, 4) is 0 Å². The zero-order valence-electron chi connectivity index (χ0n) is 12.6. The van der Waals surface area contributed by atoms with Crippen LogP contribution in [0.2, 0.25) is 0 Å². The van der Waals surface area contributed by atoms with E-state index < -0.39 is 6.10 Å². The Kier molecular flexibility index (Phi) is 4.31. The molecule has 1 atom stereocenters. The summed E-state index contributed by atoms with van der Waals surface area (Å²) in [4.78, 5) is 16.7. The summed E-state index contributed by atoms with van der Waals surface area (Å²) in [6, 6.07) is 2.30. The Morgan fingerprint density at radius 1 is 1.29 bits per heavy atom. The molecule has 0 radical (unpaired) electrons. The Morgan fingerprint density at radius 2 is 2.05 bits per heavy atom. The molecule has 5 heteroatoms. The highest BCUT2D eigenvalue weighted by atomic mass is 16.3. The third-order valence-electron chi connectivity index (χ3n) is 4.75. The van der Waals surface area contributed by atoms with E-state index in [4.69, 9.17) is 4.42 Å². The first-order valence-corrected chi connectivity index (χ1v) is 7.90. The fourth-order valence-corrected chi connectivity index (χ4v) is 3.58. The highest BCUT2D eigenvalue weighted by molar-refractivity contribution is 5.95. The first-order valence-electron chi connectivity index (χ1n) is 7.90. The number of hydrogen-bond acceptors (Lipinski definition) is 4. The predicted octanol–water partition coefficient (Wildman–Crippen LogP) is 1.65. The number of β-amino-alcohol motifs (C(OH)–C–C–N with tert-alkyl or cyclic N) is 1. The van der Waals surface area contributed by atoms with E-state index in [0.717, 1.165) is 6.54 Å². The Morgan fingerprint density at radius 3 is 2.71 bits per heavy atom. The number of carbonyl (C=O) groups is 1. The van der Waals surface area contributed by atoms with Crippen LogP contribution in [0.4, 0.5) is 0 Å². The molecule has 0 unspecified atom stereocenters. The van der Waals surface area contributed by atoms with Crippen LogP contribution < -0.4 is 0 Å². The number of amides is 1. The van der Waals surface area contributed by atoms with E-state index in [0.29, 0.717) is 37.0 Å². The lowest BCUT2D eigenvalue weighted by Gasteiger charge is -2.27. The van der Waals surface area contributed by atoms with Gasteiger partial charge in [-0.3, -0.25) is 9.69 Å². The van der Waals surface area contributed by atoms with Crippen molar-refractivity contribution in [2.45, 2.75) is 44.8 Å². The molecule has 0 spiro atoms. The second-order valence-electron chi connectivity index (χ2n) is 6.23. The molecule has 1 amide bonds. The van der Waals surface area contributed by atoms with Gasteiger partial charge in [0.25, 0.3) is 5.91 Å². The molecule has 0 bridgehead atoms. The lowest BCUT2D eigenvalue weighted by atomic mass is 10.2. The molecule has 21 heavy (non-hydrogen) atoms. The number of hydrogen-bond donors (Lipinski definition) is 1. The summed E-state index contributed by atoms with van der Waals surface area (Å²) in [6.45, 7) is 4.42. The summed E-state index contributed by atoms with van der Waals surface area (Å²) < 4.78 is 5.22. The zero-order chi connectivity index (χ0) is 14.8. The minimum atomic E-state index is -0.468. The van der Waals surface area contributed by atoms with Crippen LogP contribution in [0.5, 0.6) is 0 Å². The van der Waals surface area contributed by atoms with Crippen molar-refractivity contribution in [3.05, 3.63) is 23.7 Å². The molecule has 1 aliphatic carbocycles. The Balaban J connectivity index is 1.68. The van der Waals surface area contributed by atoms with Crippen molar-refractivity contribution in [2.75, 3.05) is 26.2 Å². The molecular formula is C16H24N2O3. The summed E-state index contributed by atoms with van der Waals surface area (Å²) in [5.41, 5.74) is 0.608. The van der Waals surface area contributed by atoms with E-state index in [1.165, 1.54) is 25.7 Å². The van der Waals surface area contributed by atoms with Crippen molar-refractivity contribution >= 4 is 5.91 Å².